The van der Waals surface area contributed by atoms with E-state index in [0.717, 1.165) is 23.9 Å². The molecule has 2 aromatic carbocycles. The predicted molar refractivity (Wildman–Crippen MR) is 113 cm³/mol. The van der Waals surface area contributed by atoms with E-state index in [1.807, 2.05) is 30.3 Å². The van der Waals surface area contributed by atoms with Gasteiger partial charge < -0.3 is 10.3 Å². The van der Waals surface area contributed by atoms with Crippen LogP contribution in [-0.2, 0) is 4.79 Å². The first-order valence-electron chi connectivity index (χ1n) is 9.11. The summed E-state index contributed by atoms with van der Waals surface area (Å²) in [6, 6.07) is 17.4. The van der Waals surface area contributed by atoms with Crippen molar-refractivity contribution in [1.82, 2.24) is 4.98 Å². The van der Waals surface area contributed by atoms with Gasteiger partial charge in [-0.1, -0.05) is 51.6 Å². The highest BCUT2D eigenvalue weighted by Crippen LogP contribution is 2.31. The Kier molecular flexibility index (Phi) is 6.94. The van der Waals surface area contributed by atoms with Gasteiger partial charge in [-0.25, -0.2) is 0 Å². The summed E-state index contributed by atoms with van der Waals surface area (Å²) in [6.45, 7) is 4.17. The molecule has 2 N–H and O–H groups in total. The molecule has 0 aliphatic heterocycles. The van der Waals surface area contributed by atoms with Crippen molar-refractivity contribution < 1.29 is 4.79 Å². The van der Waals surface area contributed by atoms with E-state index in [2.05, 4.69) is 36.3 Å². The second-order valence-corrected chi connectivity index (χ2v) is 6.54. The molecule has 0 aliphatic carbocycles. The van der Waals surface area contributed by atoms with Gasteiger partial charge in [0.2, 0.25) is 5.91 Å². The first-order valence-corrected chi connectivity index (χ1v) is 9.11. The Bertz CT molecular complexity index is 947. The molecule has 4 heteroatoms. The number of carbonyl (C=O) groups is 1. The van der Waals surface area contributed by atoms with Crippen molar-refractivity contribution in [3.8, 4) is 0 Å². The average Bonchev–Trinajstić information content (AvgIpc) is 2.66. The van der Waals surface area contributed by atoms with Crippen molar-refractivity contribution in [2.75, 3.05) is 5.32 Å². The van der Waals surface area contributed by atoms with E-state index in [1.165, 1.54) is 5.56 Å². The predicted octanol–water partition coefficient (Wildman–Crippen LogP) is 5.32. The maximum absolute atomic E-state index is 12.9. The number of benzene rings is 2. The van der Waals surface area contributed by atoms with Crippen LogP contribution in [0.5, 0.6) is 0 Å². The zero-order valence-corrected chi connectivity index (χ0v) is 15.2. The number of amides is 1. The Balaban J connectivity index is 0.00000261. The average molecular weight is 364 g/mol. The fourth-order valence-electron chi connectivity index (χ4n) is 3.61. The molecule has 4 nitrogen and oxygen atoms in total. The van der Waals surface area contributed by atoms with Crippen LogP contribution in [0.25, 0.3) is 10.8 Å². The molecule has 2 atom stereocenters. The van der Waals surface area contributed by atoms with Gasteiger partial charge in [-0.15, -0.1) is 0 Å². The fourth-order valence-corrected chi connectivity index (χ4v) is 3.61. The van der Waals surface area contributed by atoms with Crippen LogP contribution in [0.4, 0.5) is 5.69 Å². The molecule has 1 amide bonds. The number of fused-ring (bicyclic) bond motifs is 1. The number of hydrogen-bond donors (Lipinski definition) is 2. The monoisotopic (exact) mass is 364 g/mol. The van der Waals surface area contributed by atoms with E-state index in [-0.39, 0.29) is 30.7 Å². The van der Waals surface area contributed by atoms with E-state index in [4.69, 9.17) is 0 Å². The second-order valence-electron chi connectivity index (χ2n) is 6.54. The summed E-state index contributed by atoms with van der Waals surface area (Å²) < 4.78 is 0. The molecule has 0 saturated carbocycles. The molecule has 27 heavy (non-hydrogen) atoms. The minimum atomic E-state index is -0.123. The quantitative estimate of drug-likeness (QED) is 0.621. The first kappa shape index (κ1) is 20.4. The third-order valence-corrected chi connectivity index (χ3v) is 4.97. The van der Waals surface area contributed by atoms with Crippen molar-refractivity contribution in [3.63, 3.8) is 0 Å². The summed E-state index contributed by atoms with van der Waals surface area (Å²) in [6.07, 6.45) is 3.29. The highest BCUT2D eigenvalue weighted by molar-refractivity contribution is 5.95. The molecule has 0 saturated heterocycles. The standard InChI is InChI=1S/C22H24N2O2.CH4/c1-3-18(15-8-6-5-7-9-15)19(4-2)22(26)24-17-10-11-20-16(14-17)12-13-23-21(20)25;/h5-14,18-19H,3-4H2,1-2H3,(H,23,25)(H,24,26);1H4. The zero-order valence-electron chi connectivity index (χ0n) is 15.2. The Hall–Kier alpha value is -2.88. The van der Waals surface area contributed by atoms with Crippen molar-refractivity contribution in [1.29, 1.82) is 0 Å². The van der Waals surface area contributed by atoms with Crippen LogP contribution in [0.1, 0.15) is 45.6 Å². The molecular formula is C23H28N2O2. The zero-order chi connectivity index (χ0) is 18.5. The Morgan fingerprint density at radius 1 is 1.04 bits per heavy atom. The molecule has 0 aliphatic rings. The third kappa shape index (κ3) is 4.45. The number of aromatic amines is 1. The largest absolute Gasteiger partial charge is 0.329 e. The molecule has 142 valence electrons. The van der Waals surface area contributed by atoms with E-state index in [9.17, 15) is 9.59 Å². The third-order valence-electron chi connectivity index (χ3n) is 4.97. The van der Waals surface area contributed by atoms with Crippen LogP contribution in [0.15, 0.2) is 65.6 Å². The highest BCUT2D eigenvalue weighted by atomic mass is 16.2. The Morgan fingerprint density at radius 2 is 1.78 bits per heavy atom. The van der Waals surface area contributed by atoms with Gasteiger partial charge in [-0.05, 0) is 54.0 Å². The highest BCUT2D eigenvalue weighted by Gasteiger charge is 2.26. The van der Waals surface area contributed by atoms with E-state index in [1.54, 1.807) is 18.3 Å². The number of rotatable bonds is 6. The number of hydrogen-bond acceptors (Lipinski definition) is 2. The lowest BCUT2D eigenvalue weighted by Crippen LogP contribution is -2.27. The lowest BCUT2D eigenvalue weighted by Gasteiger charge is -2.25. The summed E-state index contributed by atoms with van der Waals surface area (Å²) in [7, 11) is 0. The number of aromatic nitrogens is 1. The molecule has 0 radical (unpaired) electrons. The first-order chi connectivity index (χ1) is 12.6. The van der Waals surface area contributed by atoms with Gasteiger partial charge in [0, 0.05) is 23.2 Å². The second kappa shape index (κ2) is 9.17. The molecule has 3 rings (SSSR count). The Morgan fingerprint density at radius 3 is 2.44 bits per heavy atom. The van der Waals surface area contributed by atoms with Crippen molar-refractivity contribution in [2.45, 2.75) is 40.0 Å². The van der Waals surface area contributed by atoms with Crippen molar-refractivity contribution >= 4 is 22.4 Å². The minimum absolute atomic E-state index is 0. The van der Waals surface area contributed by atoms with Crippen molar-refractivity contribution in [3.05, 3.63) is 76.7 Å². The van der Waals surface area contributed by atoms with E-state index in [0.29, 0.717) is 5.39 Å². The number of carbonyl (C=O) groups excluding carboxylic acids is 1. The lowest BCUT2D eigenvalue weighted by molar-refractivity contribution is -0.120. The summed E-state index contributed by atoms with van der Waals surface area (Å²) in [5, 5.41) is 4.47. The van der Waals surface area contributed by atoms with Crippen LogP contribution < -0.4 is 10.9 Å². The van der Waals surface area contributed by atoms with Gasteiger partial charge in [0.1, 0.15) is 0 Å². The van der Waals surface area contributed by atoms with Crippen molar-refractivity contribution in [2.24, 2.45) is 5.92 Å². The summed E-state index contributed by atoms with van der Waals surface area (Å²) in [5.41, 5.74) is 1.79. The molecule has 1 aromatic heterocycles. The van der Waals surface area contributed by atoms with Gasteiger partial charge in [-0.2, -0.15) is 0 Å². The van der Waals surface area contributed by atoms with E-state index >= 15 is 0 Å². The summed E-state index contributed by atoms with van der Waals surface area (Å²) in [4.78, 5) is 27.4. The van der Waals surface area contributed by atoms with Crippen LogP contribution in [-0.4, -0.2) is 10.9 Å². The molecule has 2 unspecified atom stereocenters. The number of anilines is 1. The Labute approximate surface area is 160 Å². The summed E-state index contributed by atoms with van der Waals surface area (Å²) in [5.74, 6) is 0.106. The molecule has 0 spiro atoms. The van der Waals surface area contributed by atoms with Gasteiger partial charge in [0.05, 0.1) is 0 Å². The smallest absolute Gasteiger partial charge is 0.255 e. The van der Waals surface area contributed by atoms with Crippen LogP contribution in [0, 0.1) is 5.92 Å². The molecule has 0 fully saturated rings. The summed E-state index contributed by atoms with van der Waals surface area (Å²) >= 11 is 0. The normalized spacial score (nSPS) is 12.8. The minimum Gasteiger partial charge on any atom is -0.329 e. The number of pyridine rings is 1. The van der Waals surface area contributed by atoms with Gasteiger partial charge in [0.15, 0.2) is 0 Å². The molecule has 1 heterocycles. The molecule has 0 bridgehead atoms. The number of H-pyrrole nitrogens is 1. The molecular weight excluding hydrogens is 336 g/mol. The fraction of sp³-hybridized carbons (Fsp3) is 0.304. The van der Waals surface area contributed by atoms with E-state index < -0.39 is 0 Å². The van der Waals surface area contributed by atoms with Crippen LogP contribution in [0.3, 0.4) is 0 Å². The topological polar surface area (TPSA) is 62.0 Å². The maximum Gasteiger partial charge on any atom is 0.255 e. The maximum atomic E-state index is 12.9. The van der Waals surface area contributed by atoms with Crippen LogP contribution in [0.2, 0.25) is 0 Å². The SMILES string of the molecule is C.CCC(C(=O)Nc1ccc2c(=O)[nH]ccc2c1)C(CC)c1ccccc1. The lowest BCUT2D eigenvalue weighted by atomic mass is 9.82. The van der Waals surface area contributed by atoms with Crippen LogP contribution >= 0.6 is 0 Å². The van der Waals surface area contributed by atoms with Gasteiger partial charge >= 0.3 is 0 Å². The van der Waals surface area contributed by atoms with Gasteiger partial charge in [-0.3, -0.25) is 9.59 Å². The number of nitrogens with one attached hydrogen (secondary N) is 2. The van der Waals surface area contributed by atoms with Gasteiger partial charge in [0.25, 0.3) is 5.56 Å². The molecule has 3 aromatic rings.